The number of nitrogens with zero attached hydrogens (tertiary/aromatic N) is 2. The van der Waals surface area contributed by atoms with Gasteiger partial charge in [-0.2, -0.15) is 0 Å². The van der Waals surface area contributed by atoms with Crippen molar-refractivity contribution >= 4 is 24.0 Å². The van der Waals surface area contributed by atoms with Crippen molar-refractivity contribution in [2.45, 2.75) is 18.9 Å². The molecule has 0 spiro atoms. The molecule has 0 saturated carbocycles. The largest absolute Gasteiger partial charge is 0.446 e. The minimum absolute atomic E-state index is 0.107. The number of para-hydroxylation sites is 1. The Labute approximate surface area is 211 Å². The van der Waals surface area contributed by atoms with Crippen LogP contribution < -0.4 is 5.32 Å². The van der Waals surface area contributed by atoms with Gasteiger partial charge >= 0.3 is 6.09 Å². The molecule has 4 rings (SSSR count). The van der Waals surface area contributed by atoms with Crippen LogP contribution in [0.5, 0.6) is 0 Å². The van der Waals surface area contributed by atoms with E-state index < -0.39 is 6.09 Å². The number of likely N-dealkylation sites (N-methyl/N-ethyl adjacent to an activating group) is 1. The minimum atomic E-state index is -0.445. The number of hydrogen-bond donors (Lipinski definition) is 1. The fourth-order valence-corrected chi connectivity index (χ4v) is 4.36. The molecule has 7 nitrogen and oxygen atoms in total. The van der Waals surface area contributed by atoms with Gasteiger partial charge in [-0.3, -0.25) is 14.9 Å². The molecular formula is C29H31N3O4. The quantitative estimate of drug-likeness (QED) is 0.457. The van der Waals surface area contributed by atoms with E-state index in [0.29, 0.717) is 17.7 Å². The molecule has 36 heavy (non-hydrogen) atoms. The Morgan fingerprint density at radius 3 is 2.47 bits per heavy atom. The van der Waals surface area contributed by atoms with Crippen molar-refractivity contribution in [1.82, 2.24) is 9.80 Å². The topological polar surface area (TPSA) is 79.0 Å². The average molecular weight is 486 g/mol. The van der Waals surface area contributed by atoms with Crippen LogP contribution in [0.3, 0.4) is 0 Å². The summed E-state index contributed by atoms with van der Waals surface area (Å²) in [6.07, 6.45) is 1.64. The number of rotatable bonds is 8. The second kappa shape index (κ2) is 12.1. The second-order valence-corrected chi connectivity index (χ2v) is 8.95. The van der Waals surface area contributed by atoms with E-state index in [9.17, 15) is 14.4 Å². The zero-order chi connectivity index (χ0) is 25.3. The predicted molar refractivity (Wildman–Crippen MR) is 140 cm³/mol. The molecule has 7 heteroatoms. The van der Waals surface area contributed by atoms with E-state index in [4.69, 9.17) is 4.74 Å². The average Bonchev–Trinajstić information content (AvgIpc) is 2.93. The molecule has 1 saturated heterocycles. The van der Waals surface area contributed by atoms with Crippen molar-refractivity contribution in [3.05, 3.63) is 90.0 Å². The molecule has 186 valence electrons. The first-order chi connectivity index (χ1) is 17.5. The Morgan fingerprint density at radius 2 is 1.72 bits per heavy atom. The number of ether oxygens (including phenoxy) is 1. The highest BCUT2D eigenvalue weighted by Gasteiger charge is 2.23. The SMILES string of the molecule is CN(CCN1CCC(OC(=O)Nc2ccccc2-c2ccccc2)CC1)C(=O)c1cccc(C=O)c1. The third-order valence-corrected chi connectivity index (χ3v) is 6.42. The van der Waals surface area contributed by atoms with Crippen molar-refractivity contribution in [3.63, 3.8) is 0 Å². The monoisotopic (exact) mass is 485 g/mol. The molecule has 3 aromatic carbocycles. The minimum Gasteiger partial charge on any atom is -0.446 e. The van der Waals surface area contributed by atoms with Crippen LogP contribution in [0.1, 0.15) is 33.6 Å². The van der Waals surface area contributed by atoms with E-state index in [0.717, 1.165) is 55.6 Å². The first-order valence-corrected chi connectivity index (χ1v) is 12.2. The lowest BCUT2D eigenvalue weighted by Crippen LogP contribution is -2.42. The zero-order valence-corrected chi connectivity index (χ0v) is 20.4. The van der Waals surface area contributed by atoms with Crippen LogP contribution in [0.4, 0.5) is 10.5 Å². The van der Waals surface area contributed by atoms with Crippen molar-refractivity contribution in [1.29, 1.82) is 0 Å². The predicted octanol–water partition coefficient (Wildman–Crippen LogP) is 4.95. The third kappa shape index (κ3) is 6.58. The number of amides is 2. The molecule has 0 atom stereocenters. The van der Waals surface area contributed by atoms with Gasteiger partial charge in [0.25, 0.3) is 5.91 Å². The molecule has 1 aliphatic heterocycles. The number of hydrogen-bond acceptors (Lipinski definition) is 5. The Kier molecular flexibility index (Phi) is 8.47. The second-order valence-electron chi connectivity index (χ2n) is 8.95. The Bertz CT molecular complexity index is 1190. The molecule has 1 aliphatic rings. The summed E-state index contributed by atoms with van der Waals surface area (Å²) in [5, 5.41) is 2.90. The normalized spacial score (nSPS) is 14.1. The van der Waals surface area contributed by atoms with Crippen LogP contribution in [-0.2, 0) is 4.74 Å². The fraction of sp³-hybridized carbons (Fsp3) is 0.276. The zero-order valence-electron chi connectivity index (χ0n) is 20.4. The summed E-state index contributed by atoms with van der Waals surface area (Å²) in [7, 11) is 1.77. The summed E-state index contributed by atoms with van der Waals surface area (Å²) in [5.74, 6) is -0.107. The molecule has 2 amide bonds. The standard InChI is InChI=1S/C29H31N3O4/c1-31(28(34)24-11-7-8-22(20-24)21-33)18-19-32-16-14-25(15-17-32)36-29(35)30-27-13-6-5-12-26(27)23-9-3-2-4-10-23/h2-13,20-21,25H,14-19H2,1H3,(H,30,35). The van der Waals surface area contributed by atoms with E-state index in [-0.39, 0.29) is 12.0 Å². The molecule has 0 aromatic heterocycles. The third-order valence-electron chi connectivity index (χ3n) is 6.42. The van der Waals surface area contributed by atoms with Crippen molar-refractivity contribution in [2.24, 2.45) is 0 Å². The van der Waals surface area contributed by atoms with Crippen molar-refractivity contribution in [3.8, 4) is 11.1 Å². The van der Waals surface area contributed by atoms with E-state index in [1.54, 1.807) is 36.2 Å². The van der Waals surface area contributed by atoms with Gasteiger partial charge in [0.2, 0.25) is 0 Å². The van der Waals surface area contributed by atoms with Gasteiger partial charge in [0.1, 0.15) is 12.4 Å². The smallest absolute Gasteiger partial charge is 0.411 e. The molecular weight excluding hydrogens is 454 g/mol. The number of piperidine rings is 1. The highest BCUT2D eigenvalue weighted by molar-refractivity contribution is 5.95. The summed E-state index contributed by atoms with van der Waals surface area (Å²) < 4.78 is 5.71. The first-order valence-electron chi connectivity index (χ1n) is 12.2. The molecule has 0 aliphatic carbocycles. The molecule has 0 bridgehead atoms. The molecule has 3 aromatic rings. The fourth-order valence-electron chi connectivity index (χ4n) is 4.36. The van der Waals surface area contributed by atoms with Crippen molar-refractivity contribution < 1.29 is 19.1 Å². The van der Waals surface area contributed by atoms with Gasteiger partial charge in [-0.05, 0) is 36.6 Å². The van der Waals surface area contributed by atoms with Crippen LogP contribution in [-0.4, -0.2) is 67.4 Å². The molecule has 1 heterocycles. The number of nitrogens with one attached hydrogen (secondary N) is 1. The Morgan fingerprint density at radius 1 is 1.00 bits per heavy atom. The molecule has 0 unspecified atom stereocenters. The van der Waals surface area contributed by atoms with Crippen LogP contribution >= 0.6 is 0 Å². The molecule has 1 N–H and O–H groups in total. The van der Waals surface area contributed by atoms with Gasteiger partial charge in [0, 0.05) is 49.9 Å². The summed E-state index contributed by atoms with van der Waals surface area (Å²) >= 11 is 0. The summed E-state index contributed by atoms with van der Waals surface area (Å²) in [4.78, 5) is 40.2. The van der Waals surface area contributed by atoms with Gasteiger partial charge in [0.15, 0.2) is 0 Å². The summed E-state index contributed by atoms with van der Waals surface area (Å²) in [6.45, 7) is 2.90. The maximum absolute atomic E-state index is 12.7. The lowest BCUT2D eigenvalue weighted by molar-refractivity contribution is 0.0540. The van der Waals surface area contributed by atoms with E-state index in [2.05, 4.69) is 10.2 Å². The van der Waals surface area contributed by atoms with Gasteiger partial charge in [-0.25, -0.2) is 4.79 Å². The van der Waals surface area contributed by atoms with E-state index in [1.807, 2.05) is 54.6 Å². The summed E-state index contributed by atoms with van der Waals surface area (Å²) in [5.41, 5.74) is 3.69. The highest BCUT2D eigenvalue weighted by Crippen LogP contribution is 2.28. The van der Waals surface area contributed by atoms with Gasteiger partial charge in [0.05, 0.1) is 5.69 Å². The van der Waals surface area contributed by atoms with Gasteiger partial charge in [-0.15, -0.1) is 0 Å². The number of aldehydes is 1. The van der Waals surface area contributed by atoms with Crippen LogP contribution in [0.25, 0.3) is 11.1 Å². The number of anilines is 1. The molecule has 1 fully saturated rings. The van der Waals surface area contributed by atoms with Crippen LogP contribution in [0.15, 0.2) is 78.9 Å². The van der Waals surface area contributed by atoms with Gasteiger partial charge in [-0.1, -0.05) is 60.7 Å². The Balaban J connectivity index is 1.22. The number of benzene rings is 3. The Hall–Kier alpha value is -3.97. The summed E-state index contributed by atoms with van der Waals surface area (Å²) in [6, 6.07) is 24.3. The lowest BCUT2D eigenvalue weighted by Gasteiger charge is -2.32. The van der Waals surface area contributed by atoms with E-state index in [1.165, 1.54) is 0 Å². The first kappa shape index (κ1) is 25.1. The maximum Gasteiger partial charge on any atom is 0.411 e. The lowest BCUT2D eigenvalue weighted by atomic mass is 10.0. The number of likely N-dealkylation sites (tertiary alicyclic amines) is 1. The van der Waals surface area contributed by atoms with Gasteiger partial charge < -0.3 is 14.5 Å². The number of carbonyl (C=O) groups excluding carboxylic acids is 3. The highest BCUT2D eigenvalue weighted by atomic mass is 16.6. The van der Waals surface area contributed by atoms with Crippen LogP contribution in [0.2, 0.25) is 0 Å². The van der Waals surface area contributed by atoms with E-state index >= 15 is 0 Å². The number of carbonyl (C=O) groups is 3. The van der Waals surface area contributed by atoms with Crippen molar-refractivity contribution in [2.75, 3.05) is 38.5 Å². The maximum atomic E-state index is 12.7. The van der Waals surface area contributed by atoms with Crippen LogP contribution in [0, 0.1) is 0 Å². The molecule has 0 radical (unpaired) electrons.